The van der Waals surface area contributed by atoms with Crippen molar-refractivity contribution in [2.45, 2.75) is 0 Å². The quantitative estimate of drug-likeness (QED) is 0.761. The fraction of sp³-hybridized carbons (Fsp3) is 0.0556. The predicted octanol–water partition coefficient (Wildman–Crippen LogP) is 2.82. The van der Waals surface area contributed by atoms with Gasteiger partial charge in [0, 0.05) is 23.3 Å². The van der Waals surface area contributed by atoms with E-state index in [1.807, 2.05) is 24.3 Å². The van der Waals surface area contributed by atoms with Crippen molar-refractivity contribution in [3.8, 4) is 5.75 Å². The molecule has 0 saturated heterocycles. The van der Waals surface area contributed by atoms with Crippen LogP contribution in [-0.2, 0) is 4.79 Å². The van der Waals surface area contributed by atoms with Crippen LogP contribution < -0.4 is 15.4 Å². The van der Waals surface area contributed by atoms with E-state index in [4.69, 9.17) is 4.74 Å². The number of anilines is 2. The second-order valence-corrected chi connectivity index (χ2v) is 5.38. The molecule has 0 radical (unpaired) electrons. The summed E-state index contributed by atoms with van der Waals surface area (Å²) in [7, 11) is 0. The summed E-state index contributed by atoms with van der Waals surface area (Å²) in [5, 5.41) is 6.45. The first-order chi connectivity index (χ1) is 11.7. The van der Waals surface area contributed by atoms with Crippen molar-refractivity contribution in [2.75, 3.05) is 17.2 Å². The second-order valence-electron chi connectivity index (χ2n) is 5.38. The van der Waals surface area contributed by atoms with E-state index in [0.29, 0.717) is 28.2 Å². The molecule has 0 saturated carbocycles. The van der Waals surface area contributed by atoms with Crippen LogP contribution in [0.4, 0.5) is 11.4 Å². The maximum atomic E-state index is 12.6. The topological polar surface area (TPSA) is 80.3 Å². The van der Waals surface area contributed by atoms with Crippen LogP contribution in [0, 0.1) is 0 Å². The molecule has 3 aromatic rings. The van der Waals surface area contributed by atoms with Gasteiger partial charge in [-0.1, -0.05) is 18.2 Å². The van der Waals surface area contributed by atoms with E-state index in [1.54, 1.807) is 30.5 Å². The summed E-state index contributed by atoms with van der Waals surface area (Å²) >= 11 is 0. The average Bonchev–Trinajstić information content (AvgIpc) is 2.61. The van der Waals surface area contributed by atoms with Crippen LogP contribution in [0.25, 0.3) is 10.9 Å². The molecule has 6 heteroatoms. The summed E-state index contributed by atoms with van der Waals surface area (Å²) in [6.45, 7) is -0.0301. The number of ether oxygens (including phenoxy) is 1. The summed E-state index contributed by atoms with van der Waals surface area (Å²) in [5.74, 6) is 0.0867. The Labute approximate surface area is 137 Å². The predicted molar refractivity (Wildman–Crippen MR) is 90.3 cm³/mol. The van der Waals surface area contributed by atoms with Gasteiger partial charge in [0.05, 0.1) is 16.8 Å². The highest BCUT2D eigenvalue weighted by molar-refractivity contribution is 6.12. The molecular formula is C18H13N3O3. The molecule has 0 atom stereocenters. The fourth-order valence-electron chi connectivity index (χ4n) is 2.64. The number of nitrogens with one attached hydrogen (secondary N) is 2. The lowest BCUT2D eigenvalue weighted by atomic mass is 10.1. The number of para-hydroxylation sites is 1. The highest BCUT2D eigenvalue weighted by Gasteiger charge is 2.17. The molecule has 0 fully saturated rings. The molecule has 1 aliphatic heterocycles. The van der Waals surface area contributed by atoms with Crippen molar-refractivity contribution >= 4 is 34.1 Å². The first kappa shape index (κ1) is 14.2. The number of pyridine rings is 1. The molecule has 1 aromatic heterocycles. The first-order valence-corrected chi connectivity index (χ1v) is 7.42. The van der Waals surface area contributed by atoms with E-state index in [1.165, 1.54) is 0 Å². The number of hydrogen-bond donors (Lipinski definition) is 2. The van der Waals surface area contributed by atoms with E-state index in [0.717, 1.165) is 5.39 Å². The number of carbonyl (C=O) groups excluding carboxylic acids is 2. The van der Waals surface area contributed by atoms with E-state index in [9.17, 15) is 9.59 Å². The third-order valence-corrected chi connectivity index (χ3v) is 3.75. The molecule has 4 rings (SSSR count). The lowest BCUT2D eigenvalue weighted by molar-refractivity contribution is -0.118. The summed E-state index contributed by atoms with van der Waals surface area (Å²) in [6, 6.07) is 14.3. The summed E-state index contributed by atoms with van der Waals surface area (Å²) in [4.78, 5) is 28.2. The number of amides is 2. The zero-order valence-corrected chi connectivity index (χ0v) is 12.6. The van der Waals surface area contributed by atoms with Crippen LogP contribution >= 0.6 is 0 Å². The highest BCUT2D eigenvalue weighted by Crippen LogP contribution is 2.30. The van der Waals surface area contributed by atoms with Gasteiger partial charge in [0.25, 0.3) is 11.8 Å². The van der Waals surface area contributed by atoms with Gasteiger partial charge in [-0.25, -0.2) is 0 Å². The molecule has 1 aliphatic rings. The Morgan fingerprint density at radius 2 is 2.04 bits per heavy atom. The van der Waals surface area contributed by atoms with E-state index < -0.39 is 0 Å². The number of hydrogen-bond acceptors (Lipinski definition) is 4. The van der Waals surface area contributed by atoms with Crippen LogP contribution in [0.3, 0.4) is 0 Å². The summed E-state index contributed by atoms with van der Waals surface area (Å²) in [5.41, 5.74) is 2.33. The Morgan fingerprint density at radius 1 is 1.17 bits per heavy atom. The standard InChI is InChI=1S/C18H13N3O3/c22-16-10-24-15-9-12(6-7-14(15)21-16)20-18(23)13-5-1-3-11-4-2-8-19-17(11)13/h1-9H,10H2,(H,20,23)(H,21,22). The van der Waals surface area contributed by atoms with Gasteiger partial charge in [-0.2, -0.15) is 0 Å². The van der Waals surface area contributed by atoms with Crippen molar-refractivity contribution in [2.24, 2.45) is 0 Å². The molecule has 2 amide bonds. The molecule has 0 spiro atoms. The van der Waals surface area contributed by atoms with Crippen molar-refractivity contribution in [3.63, 3.8) is 0 Å². The maximum absolute atomic E-state index is 12.6. The number of nitrogens with zero attached hydrogens (tertiary/aromatic N) is 1. The number of rotatable bonds is 2. The Kier molecular flexibility index (Phi) is 3.35. The van der Waals surface area contributed by atoms with Gasteiger partial charge in [-0.05, 0) is 24.3 Å². The maximum Gasteiger partial charge on any atom is 0.262 e. The van der Waals surface area contributed by atoms with Crippen LogP contribution in [0.2, 0.25) is 0 Å². The van der Waals surface area contributed by atoms with Crippen molar-refractivity contribution < 1.29 is 14.3 Å². The summed E-state index contributed by atoms with van der Waals surface area (Å²) in [6.07, 6.45) is 1.66. The summed E-state index contributed by atoms with van der Waals surface area (Å²) < 4.78 is 5.36. The van der Waals surface area contributed by atoms with E-state index in [2.05, 4.69) is 15.6 Å². The lowest BCUT2D eigenvalue weighted by Gasteiger charge is -2.18. The van der Waals surface area contributed by atoms with Gasteiger partial charge < -0.3 is 15.4 Å². The smallest absolute Gasteiger partial charge is 0.262 e. The average molecular weight is 319 g/mol. The minimum Gasteiger partial charge on any atom is -0.482 e. The zero-order chi connectivity index (χ0) is 16.5. The Bertz CT molecular complexity index is 963. The molecule has 6 nitrogen and oxygen atoms in total. The molecule has 2 N–H and O–H groups in total. The van der Waals surface area contributed by atoms with Gasteiger partial charge in [-0.15, -0.1) is 0 Å². The van der Waals surface area contributed by atoms with E-state index in [-0.39, 0.29) is 18.4 Å². The Morgan fingerprint density at radius 3 is 2.96 bits per heavy atom. The lowest BCUT2D eigenvalue weighted by Crippen LogP contribution is -2.25. The highest BCUT2D eigenvalue weighted by atomic mass is 16.5. The van der Waals surface area contributed by atoms with Crippen LogP contribution in [0.5, 0.6) is 5.75 Å². The zero-order valence-electron chi connectivity index (χ0n) is 12.6. The minimum absolute atomic E-state index is 0.0301. The largest absolute Gasteiger partial charge is 0.482 e. The number of benzene rings is 2. The van der Waals surface area contributed by atoms with Gasteiger partial charge in [0.1, 0.15) is 5.75 Å². The number of fused-ring (bicyclic) bond motifs is 2. The van der Waals surface area contributed by atoms with Gasteiger partial charge >= 0.3 is 0 Å². The Hall–Kier alpha value is -3.41. The molecule has 2 heterocycles. The van der Waals surface area contributed by atoms with Gasteiger partial charge in [-0.3, -0.25) is 14.6 Å². The third kappa shape index (κ3) is 2.54. The van der Waals surface area contributed by atoms with E-state index >= 15 is 0 Å². The van der Waals surface area contributed by atoms with Crippen molar-refractivity contribution in [1.82, 2.24) is 4.98 Å². The molecule has 0 bridgehead atoms. The van der Waals surface area contributed by atoms with Crippen LogP contribution in [0.15, 0.2) is 54.7 Å². The molecule has 2 aromatic carbocycles. The Balaban J connectivity index is 1.63. The molecule has 0 aliphatic carbocycles. The van der Waals surface area contributed by atoms with Gasteiger partial charge in [0.2, 0.25) is 0 Å². The van der Waals surface area contributed by atoms with Crippen LogP contribution in [0.1, 0.15) is 10.4 Å². The third-order valence-electron chi connectivity index (χ3n) is 3.75. The monoisotopic (exact) mass is 319 g/mol. The molecular weight excluding hydrogens is 306 g/mol. The van der Waals surface area contributed by atoms with Crippen molar-refractivity contribution in [3.05, 3.63) is 60.3 Å². The molecule has 118 valence electrons. The van der Waals surface area contributed by atoms with Crippen molar-refractivity contribution in [1.29, 1.82) is 0 Å². The SMILES string of the molecule is O=C1COc2cc(NC(=O)c3cccc4cccnc34)ccc2N1. The van der Waals surface area contributed by atoms with Crippen LogP contribution in [-0.4, -0.2) is 23.4 Å². The molecule has 0 unspecified atom stereocenters. The first-order valence-electron chi connectivity index (χ1n) is 7.42. The second kappa shape index (κ2) is 5.66. The molecule has 24 heavy (non-hydrogen) atoms. The number of aromatic nitrogens is 1. The normalized spacial score (nSPS) is 12.9. The van der Waals surface area contributed by atoms with Gasteiger partial charge in [0.15, 0.2) is 6.61 Å². The number of carbonyl (C=O) groups is 2. The minimum atomic E-state index is -0.251. The fourth-order valence-corrected chi connectivity index (χ4v) is 2.64.